The number of ether oxygens (including phenoxy) is 1. The number of furan rings is 1. The summed E-state index contributed by atoms with van der Waals surface area (Å²) in [5, 5.41) is 9.94. The second-order valence-corrected chi connectivity index (χ2v) is 9.21. The van der Waals surface area contributed by atoms with Crippen LogP contribution in [-0.2, 0) is 17.6 Å². The van der Waals surface area contributed by atoms with Crippen molar-refractivity contribution in [1.29, 1.82) is 0 Å². The number of carbonyl (C=O) groups excluding carboxylic acids is 2. The topological polar surface area (TPSA) is 98.4 Å². The molecule has 0 saturated carbocycles. The molecule has 0 radical (unpaired) electrons. The minimum absolute atomic E-state index is 0.0550. The van der Waals surface area contributed by atoms with Gasteiger partial charge in [-0.1, -0.05) is 0 Å². The van der Waals surface area contributed by atoms with Gasteiger partial charge < -0.3 is 19.8 Å². The van der Waals surface area contributed by atoms with Crippen LogP contribution in [0.3, 0.4) is 0 Å². The van der Waals surface area contributed by atoms with Crippen LogP contribution in [0.15, 0.2) is 28.9 Å². The molecule has 2 atom stereocenters. The molecule has 1 aliphatic carbocycles. The van der Waals surface area contributed by atoms with Gasteiger partial charge >= 0.3 is 12.1 Å². The zero-order chi connectivity index (χ0) is 24.0. The SMILES string of the molecule is CCOC(=O)c1c(NC(=O)c2cc3n(n2)C(C(F)(F)F)CC(c2ccco2)N3)sc2c1CCC2. The van der Waals surface area contributed by atoms with Crippen molar-refractivity contribution in [3.63, 3.8) is 0 Å². The van der Waals surface area contributed by atoms with Gasteiger partial charge in [0, 0.05) is 17.4 Å². The van der Waals surface area contributed by atoms with Crippen LogP contribution in [-0.4, -0.2) is 34.4 Å². The number of hydrogen-bond donors (Lipinski definition) is 2. The molecular formula is C22H21F3N4O4S. The number of nitrogens with one attached hydrogen (secondary N) is 2. The van der Waals surface area contributed by atoms with E-state index in [2.05, 4.69) is 15.7 Å². The minimum Gasteiger partial charge on any atom is -0.467 e. The summed E-state index contributed by atoms with van der Waals surface area (Å²) in [5.41, 5.74) is 0.990. The molecule has 3 aromatic rings. The summed E-state index contributed by atoms with van der Waals surface area (Å²) < 4.78 is 52.7. The molecule has 2 unspecified atom stereocenters. The maximum Gasteiger partial charge on any atom is 0.410 e. The monoisotopic (exact) mass is 494 g/mol. The van der Waals surface area contributed by atoms with Crippen molar-refractivity contribution in [2.24, 2.45) is 0 Å². The fourth-order valence-corrected chi connectivity index (χ4v) is 5.71. The number of anilines is 2. The van der Waals surface area contributed by atoms with Crippen LogP contribution in [0, 0.1) is 0 Å². The van der Waals surface area contributed by atoms with Gasteiger partial charge in [0.1, 0.15) is 16.6 Å². The number of alkyl halides is 3. The van der Waals surface area contributed by atoms with Crippen LogP contribution in [0.25, 0.3) is 0 Å². The van der Waals surface area contributed by atoms with Gasteiger partial charge in [-0.25, -0.2) is 9.48 Å². The van der Waals surface area contributed by atoms with Crippen molar-refractivity contribution in [2.75, 3.05) is 17.2 Å². The lowest BCUT2D eigenvalue weighted by Crippen LogP contribution is -2.35. The standard InChI is InChI=1S/C22H21F3N4O4S/c1-2-32-21(31)18-11-5-3-7-15(11)34-20(18)27-19(30)13-10-17-26-12(14-6-4-8-33-14)9-16(22(23,24)25)29(17)28-13/h4,6,8,10,12,16,26H,2-3,5,7,9H2,1H3,(H,27,30). The normalized spacial score (nSPS) is 19.3. The molecule has 1 aliphatic heterocycles. The van der Waals surface area contributed by atoms with Gasteiger partial charge in [0.2, 0.25) is 0 Å². The van der Waals surface area contributed by atoms with Crippen LogP contribution in [0.4, 0.5) is 24.0 Å². The summed E-state index contributed by atoms with van der Waals surface area (Å²) in [7, 11) is 0. The number of carbonyl (C=O) groups is 2. The maximum atomic E-state index is 13.8. The number of hydrogen-bond acceptors (Lipinski definition) is 7. The highest BCUT2D eigenvalue weighted by atomic mass is 32.1. The zero-order valence-electron chi connectivity index (χ0n) is 18.1. The van der Waals surface area contributed by atoms with E-state index in [0.29, 0.717) is 22.7 Å². The molecule has 2 aliphatic rings. The number of rotatable bonds is 5. The molecular weight excluding hydrogens is 473 g/mol. The second-order valence-electron chi connectivity index (χ2n) is 8.10. The Morgan fingerprint density at radius 3 is 2.91 bits per heavy atom. The maximum absolute atomic E-state index is 13.8. The van der Waals surface area contributed by atoms with Crippen LogP contribution in [0.2, 0.25) is 0 Å². The van der Waals surface area contributed by atoms with E-state index < -0.39 is 30.1 Å². The van der Waals surface area contributed by atoms with E-state index in [0.717, 1.165) is 28.0 Å². The van der Waals surface area contributed by atoms with Gasteiger partial charge in [-0.2, -0.15) is 18.3 Å². The number of esters is 1. The fourth-order valence-electron chi connectivity index (χ4n) is 4.44. The predicted octanol–water partition coefficient (Wildman–Crippen LogP) is 5.12. The van der Waals surface area contributed by atoms with E-state index in [1.54, 1.807) is 19.1 Å². The molecule has 0 aromatic carbocycles. The van der Waals surface area contributed by atoms with Gasteiger partial charge in [0.05, 0.1) is 24.5 Å². The van der Waals surface area contributed by atoms with Crippen LogP contribution >= 0.6 is 11.3 Å². The van der Waals surface area contributed by atoms with Gasteiger partial charge in [-0.05, 0) is 43.9 Å². The third-order valence-corrected chi connectivity index (χ3v) is 7.14. The Balaban J connectivity index is 1.44. The molecule has 2 N–H and O–H groups in total. The average molecular weight is 494 g/mol. The van der Waals surface area contributed by atoms with E-state index >= 15 is 0 Å². The molecule has 0 bridgehead atoms. The number of fused-ring (bicyclic) bond motifs is 2. The van der Waals surface area contributed by atoms with Gasteiger partial charge in [0.15, 0.2) is 11.7 Å². The fraction of sp³-hybridized carbons (Fsp3) is 0.409. The number of amides is 1. The molecule has 34 heavy (non-hydrogen) atoms. The molecule has 3 aromatic heterocycles. The predicted molar refractivity (Wildman–Crippen MR) is 117 cm³/mol. The first-order chi connectivity index (χ1) is 16.3. The molecule has 0 saturated heterocycles. The Morgan fingerprint density at radius 1 is 1.38 bits per heavy atom. The molecule has 4 heterocycles. The zero-order valence-corrected chi connectivity index (χ0v) is 18.9. The first-order valence-corrected chi connectivity index (χ1v) is 11.7. The lowest BCUT2D eigenvalue weighted by molar-refractivity contribution is -0.174. The van der Waals surface area contributed by atoms with Crippen molar-refractivity contribution in [1.82, 2.24) is 9.78 Å². The lowest BCUT2D eigenvalue weighted by Gasteiger charge is -2.32. The summed E-state index contributed by atoms with van der Waals surface area (Å²) in [6.07, 6.45) is -1.10. The molecule has 5 rings (SSSR count). The number of aryl methyl sites for hydroxylation is 1. The number of thiophene rings is 1. The molecule has 0 spiro atoms. The number of nitrogens with zero attached hydrogens (tertiary/aromatic N) is 2. The first-order valence-electron chi connectivity index (χ1n) is 10.9. The smallest absolute Gasteiger partial charge is 0.410 e. The Labute approximate surface area is 196 Å². The van der Waals surface area contributed by atoms with Crippen molar-refractivity contribution in [3.8, 4) is 0 Å². The van der Waals surface area contributed by atoms with Crippen LogP contribution < -0.4 is 10.6 Å². The van der Waals surface area contributed by atoms with Crippen LogP contribution in [0.5, 0.6) is 0 Å². The van der Waals surface area contributed by atoms with E-state index in [-0.39, 0.29) is 24.5 Å². The molecule has 180 valence electrons. The third kappa shape index (κ3) is 3.95. The summed E-state index contributed by atoms with van der Waals surface area (Å²) in [5.74, 6) is -0.814. The minimum atomic E-state index is -4.58. The van der Waals surface area contributed by atoms with E-state index in [1.165, 1.54) is 23.7 Å². The highest BCUT2D eigenvalue weighted by molar-refractivity contribution is 7.17. The Hall–Kier alpha value is -3.28. The first kappa shape index (κ1) is 22.5. The molecule has 0 fully saturated rings. The average Bonchev–Trinajstić information content (AvgIpc) is 3.54. The van der Waals surface area contributed by atoms with Gasteiger partial charge in [0.25, 0.3) is 5.91 Å². The van der Waals surface area contributed by atoms with E-state index in [4.69, 9.17) is 9.15 Å². The van der Waals surface area contributed by atoms with Crippen molar-refractivity contribution in [2.45, 2.75) is 50.9 Å². The molecule has 8 nitrogen and oxygen atoms in total. The second kappa shape index (κ2) is 8.49. The lowest BCUT2D eigenvalue weighted by atomic mass is 10.0. The van der Waals surface area contributed by atoms with Crippen molar-refractivity contribution < 1.29 is 31.9 Å². The van der Waals surface area contributed by atoms with Crippen molar-refractivity contribution >= 4 is 34.0 Å². The highest BCUT2D eigenvalue weighted by Gasteiger charge is 2.47. The summed E-state index contributed by atoms with van der Waals surface area (Å²) in [6, 6.07) is 1.81. The Morgan fingerprint density at radius 2 is 2.21 bits per heavy atom. The highest BCUT2D eigenvalue weighted by Crippen LogP contribution is 2.44. The molecule has 1 amide bonds. The Bertz CT molecular complexity index is 1230. The number of halogens is 3. The van der Waals surface area contributed by atoms with E-state index in [1.807, 2.05) is 0 Å². The van der Waals surface area contributed by atoms with Gasteiger partial charge in [-0.3, -0.25) is 4.79 Å². The third-order valence-electron chi connectivity index (χ3n) is 5.94. The van der Waals surface area contributed by atoms with Crippen LogP contribution in [0.1, 0.15) is 68.9 Å². The summed E-state index contributed by atoms with van der Waals surface area (Å²) >= 11 is 1.29. The number of aromatic nitrogens is 2. The van der Waals surface area contributed by atoms with Gasteiger partial charge in [-0.15, -0.1) is 11.3 Å². The quantitative estimate of drug-likeness (QED) is 0.478. The Kier molecular flexibility index (Phi) is 5.62. The van der Waals surface area contributed by atoms with Crippen molar-refractivity contribution in [3.05, 3.63) is 51.9 Å². The largest absolute Gasteiger partial charge is 0.467 e. The van der Waals surface area contributed by atoms with E-state index in [9.17, 15) is 22.8 Å². The molecule has 12 heteroatoms. The summed E-state index contributed by atoms with van der Waals surface area (Å²) in [6.45, 7) is 1.88. The summed E-state index contributed by atoms with van der Waals surface area (Å²) in [4.78, 5) is 26.5.